The second kappa shape index (κ2) is 7.42. The van der Waals surface area contributed by atoms with E-state index >= 15 is 0 Å². The molecule has 2 N–H and O–H groups in total. The molecule has 0 aliphatic heterocycles. The van der Waals surface area contributed by atoms with Crippen molar-refractivity contribution in [1.29, 1.82) is 0 Å². The number of pyridine rings is 1. The van der Waals surface area contributed by atoms with E-state index in [1.54, 1.807) is 38.5 Å². The molecule has 2 rings (SSSR count). The zero-order valence-electron chi connectivity index (χ0n) is 12.5. The molecule has 0 aliphatic rings. The van der Waals surface area contributed by atoms with Crippen molar-refractivity contribution in [2.24, 2.45) is 0 Å². The summed E-state index contributed by atoms with van der Waals surface area (Å²) in [6.45, 7) is 1.10. The van der Waals surface area contributed by atoms with Gasteiger partial charge in [-0.1, -0.05) is 12.1 Å². The van der Waals surface area contributed by atoms with Gasteiger partial charge in [0.1, 0.15) is 0 Å². The first-order valence-electron chi connectivity index (χ1n) is 6.75. The monoisotopic (exact) mass is 302 g/mol. The third-order valence-electron chi connectivity index (χ3n) is 3.13. The molecule has 0 fully saturated rings. The van der Waals surface area contributed by atoms with E-state index in [1.165, 1.54) is 0 Å². The molecule has 22 heavy (non-hydrogen) atoms. The minimum absolute atomic E-state index is 0.281. The third-order valence-corrected chi connectivity index (χ3v) is 3.13. The van der Waals surface area contributed by atoms with Crippen molar-refractivity contribution < 1.29 is 19.4 Å². The Morgan fingerprint density at radius 3 is 2.68 bits per heavy atom. The van der Waals surface area contributed by atoms with E-state index in [4.69, 9.17) is 14.6 Å². The predicted octanol–water partition coefficient (Wildman–Crippen LogP) is 2.09. The zero-order valence-corrected chi connectivity index (χ0v) is 12.5. The van der Waals surface area contributed by atoms with Crippen molar-refractivity contribution in [2.75, 3.05) is 14.2 Å². The van der Waals surface area contributed by atoms with Crippen molar-refractivity contribution in [2.45, 2.75) is 13.1 Å². The van der Waals surface area contributed by atoms with Gasteiger partial charge in [-0.05, 0) is 23.8 Å². The number of ether oxygens (including phenoxy) is 2. The smallest absolute Gasteiger partial charge is 0.335 e. The van der Waals surface area contributed by atoms with Gasteiger partial charge in [0.2, 0.25) is 11.8 Å². The number of carbonyl (C=O) groups is 1. The van der Waals surface area contributed by atoms with Crippen LogP contribution >= 0.6 is 0 Å². The van der Waals surface area contributed by atoms with Crippen LogP contribution in [0.5, 0.6) is 11.8 Å². The summed E-state index contributed by atoms with van der Waals surface area (Å²) < 4.78 is 10.3. The second-order valence-corrected chi connectivity index (χ2v) is 4.63. The lowest BCUT2D eigenvalue weighted by Gasteiger charge is -2.10. The SMILES string of the molecule is COc1ccc(CNCc2cccc(C(=O)O)c2)c(OC)n1. The largest absolute Gasteiger partial charge is 0.481 e. The Balaban J connectivity index is 1.99. The topological polar surface area (TPSA) is 80.7 Å². The maximum absolute atomic E-state index is 10.9. The molecular weight excluding hydrogens is 284 g/mol. The van der Waals surface area contributed by atoms with Gasteiger partial charge in [0.05, 0.1) is 19.8 Å². The van der Waals surface area contributed by atoms with E-state index in [0.29, 0.717) is 24.8 Å². The molecule has 2 aromatic rings. The molecule has 0 bridgehead atoms. The molecule has 0 spiro atoms. The van der Waals surface area contributed by atoms with Crippen molar-refractivity contribution in [1.82, 2.24) is 10.3 Å². The molecule has 1 aromatic carbocycles. The number of carboxylic acid groups (broad SMARTS) is 1. The van der Waals surface area contributed by atoms with E-state index in [1.807, 2.05) is 12.1 Å². The van der Waals surface area contributed by atoms with E-state index < -0.39 is 5.97 Å². The van der Waals surface area contributed by atoms with Crippen molar-refractivity contribution in [3.63, 3.8) is 0 Å². The highest BCUT2D eigenvalue weighted by Crippen LogP contribution is 2.19. The highest BCUT2D eigenvalue weighted by Gasteiger charge is 2.07. The number of nitrogens with zero attached hydrogens (tertiary/aromatic N) is 1. The molecule has 0 unspecified atom stereocenters. The summed E-state index contributed by atoms with van der Waals surface area (Å²) in [5.74, 6) is 0.0729. The number of hydrogen-bond donors (Lipinski definition) is 2. The standard InChI is InChI=1S/C16H18N2O4/c1-21-14-7-6-13(15(18-14)22-2)10-17-9-11-4-3-5-12(8-11)16(19)20/h3-8,17H,9-10H2,1-2H3,(H,19,20). The highest BCUT2D eigenvalue weighted by atomic mass is 16.5. The first kappa shape index (κ1) is 15.8. The van der Waals surface area contributed by atoms with Crippen LogP contribution in [-0.4, -0.2) is 30.3 Å². The van der Waals surface area contributed by atoms with Crippen LogP contribution in [0.4, 0.5) is 0 Å². The van der Waals surface area contributed by atoms with E-state index in [-0.39, 0.29) is 5.56 Å². The quantitative estimate of drug-likeness (QED) is 0.815. The maximum Gasteiger partial charge on any atom is 0.335 e. The van der Waals surface area contributed by atoms with Gasteiger partial charge in [-0.3, -0.25) is 0 Å². The van der Waals surface area contributed by atoms with Crippen LogP contribution in [0.15, 0.2) is 36.4 Å². The molecule has 0 radical (unpaired) electrons. The average Bonchev–Trinajstić information content (AvgIpc) is 2.55. The molecular formula is C16H18N2O4. The fraction of sp³-hybridized carbons (Fsp3) is 0.250. The Morgan fingerprint density at radius 1 is 1.18 bits per heavy atom. The number of nitrogens with one attached hydrogen (secondary N) is 1. The Bertz CT molecular complexity index is 658. The Labute approximate surface area is 128 Å². The Morgan fingerprint density at radius 2 is 2.00 bits per heavy atom. The van der Waals surface area contributed by atoms with E-state index in [2.05, 4.69) is 10.3 Å². The molecule has 0 saturated carbocycles. The van der Waals surface area contributed by atoms with E-state index in [9.17, 15) is 4.79 Å². The highest BCUT2D eigenvalue weighted by molar-refractivity contribution is 5.87. The summed E-state index contributed by atoms with van der Waals surface area (Å²) in [5, 5.41) is 12.2. The van der Waals surface area contributed by atoms with Gasteiger partial charge in [0.25, 0.3) is 0 Å². The van der Waals surface area contributed by atoms with Gasteiger partial charge < -0.3 is 19.9 Å². The van der Waals surface area contributed by atoms with Gasteiger partial charge in [-0.15, -0.1) is 0 Å². The summed E-state index contributed by atoms with van der Waals surface area (Å²) in [6, 6.07) is 10.5. The minimum atomic E-state index is -0.928. The summed E-state index contributed by atoms with van der Waals surface area (Å²) >= 11 is 0. The lowest BCUT2D eigenvalue weighted by molar-refractivity contribution is 0.0696. The first-order valence-corrected chi connectivity index (χ1v) is 6.75. The summed E-state index contributed by atoms with van der Waals surface area (Å²) in [4.78, 5) is 15.1. The zero-order chi connectivity index (χ0) is 15.9. The van der Waals surface area contributed by atoms with E-state index in [0.717, 1.165) is 11.1 Å². The van der Waals surface area contributed by atoms with Gasteiger partial charge in [0.15, 0.2) is 0 Å². The van der Waals surface area contributed by atoms with Gasteiger partial charge in [-0.25, -0.2) is 4.79 Å². The minimum Gasteiger partial charge on any atom is -0.481 e. The molecule has 1 aromatic heterocycles. The number of rotatable bonds is 7. The van der Waals surface area contributed by atoms with Crippen molar-refractivity contribution in [3.05, 3.63) is 53.1 Å². The fourth-order valence-corrected chi connectivity index (χ4v) is 2.03. The number of hydrogen-bond acceptors (Lipinski definition) is 5. The molecule has 6 heteroatoms. The lowest BCUT2D eigenvalue weighted by atomic mass is 10.1. The molecule has 116 valence electrons. The molecule has 0 atom stereocenters. The van der Waals surface area contributed by atoms with Crippen LogP contribution in [0.1, 0.15) is 21.5 Å². The van der Waals surface area contributed by atoms with Crippen LogP contribution in [0.3, 0.4) is 0 Å². The fourth-order valence-electron chi connectivity index (χ4n) is 2.03. The third kappa shape index (κ3) is 3.95. The van der Waals surface area contributed by atoms with Crippen LogP contribution in [0.2, 0.25) is 0 Å². The Kier molecular flexibility index (Phi) is 5.32. The first-order chi connectivity index (χ1) is 10.6. The van der Waals surface area contributed by atoms with Crippen LogP contribution < -0.4 is 14.8 Å². The molecule has 0 amide bonds. The summed E-state index contributed by atoms with van der Waals surface area (Å²) in [7, 11) is 3.11. The second-order valence-electron chi connectivity index (χ2n) is 4.63. The van der Waals surface area contributed by atoms with Gasteiger partial charge in [0, 0.05) is 24.7 Å². The van der Waals surface area contributed by atoms with Crippen molar-refractivity contribution >= 4 is 5.97 Å². The van der Waals surface area contributed by atoms with Gasteiger partial charge in [-0.2, -0.15) is 4.98 Å². The molecule has 0 saturated heterocycles. The predicted molar refractivity (Wildman–Crippen MR) is 81.3 cm³/mol. The normalized spacial score (nSPS) is 10.3. The average molecular weight is 302 g/mol. The number of benzene rings is 1. The number of aromatic carboxylic acids is 1. The maximum atomic E-state index is 10.9. The number of methoxy groups -OCH3 is 2. The summed E-state index contributed by atoms with van der Waals surface area (Å²) in [6.07, 6.45) is 0. The van der Waals surface area contributed by atoms with Crippen LogP contribution in [0, 0.1) is 0 Å². The molecule has 0 aliphatic carbocycles. The number of carboxylic acids is 1. The van der Waals surface area contributed by atoms with Gasteiger partial charge >= 0.3 is 5.97 Å². The summed E-state index contributed by atoms with van der Waals surface area (Å²) in [5.41, 5.74) is 2.08. The van der Waals surface area contributed by atoms with Crippen LogP contribution in [-0.2, 0) is 13.1 Å². The van der Waals surface area contributed by atoms with Crippen LogP contribution in [0.25, 0.3) is 0 Å². The Hall–Kier alpha value is -2.60. The number of aromatic nitrogens is 1. The lowest BCUT2D eigenvalue weighted by Crippen LogP contribution is -2.14. The van der Waals surface area contributed by atoms with Crippen molar-refractivity contribution in [3.8, 4) is 11.8 Å². The molecule has 1 heterocycles. The molecule has 6 nitrogen and oxygen atoms in total.